The summed E-state index contributed by atoms with van der Waals surface area (Å²) in [5, 5.41) is 2.12. The zero-order valence-electron chi connectivity index (χ0n) is 9.88. The van der Waals surface area contributed by atoms with E-state index in [0.717, 1.165) is 18.2 Å². The lowest BCUT2D eigenvalue weighted by molar-refractivity contribution is 0.102. The summed E-state index contributed by atoms with van der Waals surface area (Å²) in [7, 11) is 0. The minimum absolute atomic E-state index is 0.0474. The standard InChI is InChI=1S/C13H8BrF3N2O/c14-7-2-1-6(5-9(7)16)13(20)19-12-10(18)4-3-8(15)11(12)17/h1-5H,18H2,(H,19,20). The summed E-state index contributed by atoms with van der Waals surface area (Å²) < 4.78 is 40.1. The summed E-state index contributed by atoms with van der Waals surface area (Å²) in [6.45, 7) is 0. The Hall–Kier alpha value is -2.02. The Kier molecular flexibility index (Phi) is 3.99. The van der Waals surface area contributed by atoms with Crippen molar-refractivity contribution < 1.29 is 18.0 Å². The van der Waals surface area contributed by atoms with Gasteiger partial charge in [0.25, 0.3) is 5.91 Å². The predicted molar refractivity (Wildman–Crippen MR) is 72.8 cm³/mol. The Bertz CT molecular complexity index is 692. The fourth-order valence-corrected chi connectivity index (χ4v) is 1.76. The van der Waals surface area contributed by atoms with Crippen molar-refractivity contribution in [3.05, 3.63) is 57.8 Å². The van der Waals surface area contributed by atoms with Gasteiger partial charge >= 0.3 is 0 Å². The first kappa shape index (κ1) is 14.4. The third-order valence-electron chi connectivity index (χ3n) is 2.55. The molecule has 2 rings (SSSR count). The molecule has 104 valence electrons. The molecular formula is C13H8BrF3N2O. The van der Waals surface area contributed by atoms with Gasteiger partial charge in [-0.2, -0.15) is 0 Å². The third kappa shape index (κ3) is 2.77. The molecule has 0 saturated carbocycles. The molecule has 0 aliphatic heterocycles. The van der Waals surface area contributed by atoms with Crippen molar-refractivity contribution in [1.82, 2.24) is 0 Å². The summed E-state index contributed by atoms with van der Waals surface area (Å²) in [6.07, 6.45) is 0. The van der Waals surface area contributed by atoms with Crippen LogP contribution in [0.1, 0.15) is 10.4 Å². The van der Waals surface area contributed by atoms with Crippen LogP contribution >= 0.6 is 15.9 Å². The highest BCUT2D eigenvalue weighted by Crippen LogP contribution is 2.25. The Labute approximate surface area is 120 Å². The molecule has 0 heterocycles. The number of benzene rings is 2. The fraction of sp³-hybridized carbons (Fsp3) is 0. The third-order valence-corrected chi connectivity index (χ3v) is 3.19. The normalized spacial score (nSPS) is 10.4. The second kappa shape index (κ2) is 5.54. The van der Waals surface area contributed by atoms with E-state index in [1.54, 1.807) is 0 Å². The molecule has 0 fully saturated rings. The molecule has 0 unspecified atom stereocenters. The number of hydrogen-bond donors (Lipinski definition) is 2. The van der Waals surface area contributed by atoms with Crippen LogP contribution in [0, 0.1) is 17.5 Å². The summed E-state index contributed by atoms with van der Waals surface area (Å²) >= 11 is 2.94. The van der Waals surface area contributed by atoms with Gasteiger partial charge in [0.2, 0.25) is 0 Å². The smallest absolute Gasteiger partial charge is 0.255 e. The van der Waals surface area contributed by atoms with Crippen molar-refractivity contribution in [2.45, 2.75) is 0 Å². The second-order valence-electron chi connectivity index (χ2n) is 3.91. The number of carbonyl (C=O) groups is 1. The molecule has 0 aliphatic carbocycles. The van der Waals surface area contributed by atoms with Crippen molar-refractivity contribution in [2.24, 2.45) is 0 Å². The number of nitrogens with two attached hydrogens (primary N) is 1. The number of hydrogen-bond acceptors (Lipinski definition) is 2. The lowest BCUT2D eigenvalue weighted by atomic mass is 10.2. The van der Waals surface area contributed by atoms with Gasteiger partial charge < -0.3 is 11.1 Å². The van der Waals surface area contributed by atoms with E-state index < -0.39 is 29.0 Å². The van der Waals surface area contributed by atoms with Crippen LogP contribution in [0.3, 0.4) is 0 Å². The highest BCUT2D eigenvalue weighted by Gasteiger charge is 2.16. The Morgan fingerprint density at radius 2 is 1.80 bits per heavy atom. The first-order valence-electron chi connectivity index (χ1n) is 5.40. The van der Waals surface area contributed by atoms with Gasteiger partial charge in [0, 0.05) is 5.56 Å². The zero-order valence-corrected chi connectivity index (χ0v) is 11.5. The van der Waals surface area contributed by atoms with Crippen LogP contribution in [-0.2, 0) is 0 Å². The molecule has 0 saturated heterocycles. The van der Waals surface area contributed by atoms with Crippen molar-refractivity contribution in [3.8, 4) is 0 Å². The van der Waals surface area contributed by atoms with Crippen LogP contribution in [0.15, 0.2) is 34.8 Å². The first-order valence-corrected chi connectivity index (χ1v) is 6.19. The van der Waals surface area contributed by atoms with Gasteiger partial charge in [0.05, 0.1) is 10.2 Å². The maximum absolute atomic E-state index is 13.5. The molecule has 7 heteroatoms. The van der Waals surface area contributed by atoms with Gasteiger partial charge in [-0.3, -0.25) is 4.79 Å². The number of carbonyl (C=O) groups excluding carboxylic acids is 1. The molecule has 0 aromatic heterocycles. The van der Waals surface area contributed by atoms with E-state index in [0.29, 0.717) is 0 Å². The molecule has 2 aromatic rings. The largest absolute Gasteiger partial charge is 0.397 e. The van der Waals surface area contributed by atoms with E-state index in [4.69, 9.17) is 5.73 Å². The van der Waals surface area contributed by atoms with Crippen LogP contribution in [-0.4, -0.2) is 5.91 Å². The average Bonchev–Trinajstić information content (AvgIpc) is 2.42. The van der Waals surface area contributed by atoms with Crippen molar-refractivity contribution in [2.75, 3.05) is 11.1 Å². The summed E-state index contributed by atoms with van der Waals surface area (Å²) in [4.78, 5) is 11.9. The summed E-state index contributed by atoms with van der Waals surface area (Å²) in [5.74, 6) is -3.86. The van der Waals surface area contributed by atoms with E-state index in [1.165, 1.54) is 12.1 Å². The monoisotopic (exact) mass is 344 g/mol. The maximum Gasteiger partial charge on any atom is 0.255 e. The molecule has 0 radical (unpaired) electrons. The first-order chi connectivity index (χ1) is 9.40. The Morgan fingerprint density at radius 1 is 1.10 bits per heavy atom. The number of amides is 1. The zero-order chi connectivity index (χ0) is 14.9. The molecule has 3 N–H and O–H groups in total. The van der Waals surface area contributed by atoms with E-state index in [-0.39, 0.29) is 15.7 Å². The molecule has 0 atom stereocenters. The van der Waals surface area contributed by atoms with Gasteiger partial charge in [-0.15, -0.1) is 0 Å². The number of rotatable bonds is 2. The van der Waals surface area contributed by atoms with Crippen molar-refractivity contribution in [3.63, 3.8) is 0 Å². The highest BCUT2D eigenvalue weighted by atomic mass is 79.9. The van der Waals surface area contributed by atoms with Crippen molar-refractivity contribution in [1.29, 1.82) is 0 Å². The van der Waals surface area contributed by atoms with Gasteiger partial charge in [0.1, 0.15) is 11.5 Å². The molecule has 0 bridgehead atoms. The molecule has 0 aliphatic rings. The quantitative estimate of drug-likeness (QED) is 0.816. The van der Waals surface area contributed by atoms with Gasteiger partial charge in [-0.25, -0.2) is 13.2 Å². The van der Waals surface area contributed by atoms with E-state index in [1.807, 2.05) is 0 Å². The molecule has 1 amide bonds. The molecular weight excluding hydrogens is 337 g/mol. The lowest BCUT2D eigenvalue weighted by Crippen LogP contribution is -2.15. The van der Waals surface area contributed by atoms with Crippen LogP contribution in [0.25, 0.3) is 0 Å². The average molecular weight is 345 g/mol. The van der Waals surface area contributed by atoms with Crippen LogP contribution in [0.2, 0.25) is 0 Å². The molecule has 20 heavy (non-hydrogen) atoms. The minimum atomic E-state index is -1.27. The minimum Gasteiger partial charge on any atom is -0.397 e. The number of nitrogens with one attached hydrogen (secondary N) is 1. The van der Waals surface area contributed by atoms with E-state index in [9.17, 15) is 18.0 Å². The molecule has 0 spiro atoms. The summed E-state index contributed by atoms with van der Waals surface area (Å²) in [6, 6.07) is 5.59. The number of nitrogen functional groups attached to an aromatic ring is 1. The Morgan fingerprint density at radius 3 is 2.45 bits per heavy atom. The molecule has 2 aromatic carbocycles. The van der Waals surface area contributed by atoms with Gasteiger partial charge in [-0.1, -0.05) is 0 Å². The van der Waals surface area contributed by atoms with Gasteiger partial charge in [0.15, 0.2) is 11.6 Å². The van der Waals surface area contributed by atoms with Gasteiger partial charge in [-0.05, 0) is 46.3 Å². The molecule has 3 nitrogen and oxygen atoms in total. The van der Waals surface area contributed by atoms with Crippen molar-refractivity contribution >= 4 is 33.2 Å². The summed E-state index contributed by atoms with van der Waals surface area (Å²) in [5.41, 5.74) is 4.82. The lowest BCUT2D eigenvalue weighted by Gasteiger charge is -2.10. The highest BCUT2D eigenvalue weighted by molar-refractivity contribution is 9.10. The second-order valence-corrected chi connectivity index (χ2v) is 4.76. The Balaban J connectivity index is 2.32. The fourth-order valence-electron chi connectivity index (χ4n) is 1.52. The van der Waals surface area contributed by atoms with Crippen LogP contribution in [0.5, 0.6) is 0 Å². The SMILES string of the molecule is Nc1ccc(F)c(F)c1NC(=O)c1ccc(Br)c(F)c1. The topological polar surface area (TPSA) is 55.1 Å². The van der Waals surface area contributed by atoms with Crippen LogP contribution in [0.4, 0.5) is 24.5 Å². The number of anilines is 2. The number of halogens is 4. The van der Waals surface area contributed by atoms with Crippen LogP contribution < -0.4 is 11.1 Å². The van der Waals surface area contributed by atoms with E-state index in [2.05, 4.69) is 21.2 Å². The van der Waals surface area contributed by atoms with E-state index >= 15 is 0 Å². The predicted octanol–water partition coefficient (Wildman–Crippen LogP) is 3.70. The maximum atomic E-state index is 13.5.